The van der Waals surface area contributed by atoms with E-state index in [-0.39, 0.29) is 18.3 Å². The summed E-state index contributed by atoms with van der Waals surface area (Å²) < 4.78 is 12.8. The lowest BCUT2D eigenvalue weighted by molar-refractivity contribution is -0.121. The van der Waals surface area contributed by atoms with Crippen molar-refractivity contribution in [2.45, 2.75) is 32.3 Å². The van der Waals surface area contributed by atoms with Crippen molar-refractivity contribution in [1.29, 1.82) is 0 Å². The average molecular weight is 322 g/mol. The molecule has 0 aliphatic heterocycles. The van der Waals surface area contributed by atoms with E-state index in [1.165, 1.54) is 24.3 Å². The third-order valence-corrected chi connectivity index (χ3v) is 4.07. The number of carbonyl (C=O) groups excluding carboxylic acids is 1. The summed E-state index contributed by atoms with van der Waals surface area (Å²) in [5, 5.41) is 15.6. The zero-order valence-corrected chi connectivity index (χ0v) is 13.2. The predicted octanol–water partition coefficient (Wildman–Crippen LogP) is 2.76. The van der Waals surface area contributed by atoms with Crippen LogP contribution in [0.5, 0.6) is 0 Å². The first-order chi connectivity index (χ1) is 10.5. The molecule has 22 heavy (non-hydrogen) atoms. The van der Waals surface area contributed by atoms with E-state index in [2.05, 4.69) is 10.3 Å². The van der Waals surface area contributed by atoms with Gasteiger partial charge in [0.05, 0.1) is 16.8 Å². The summed E-state index contributed by atoms with van der Waals surface area (Å²) in [6.07, 6.45) is 1.07. The number of aryl methyl sites for hydroxylation is 2. The highest BCUT2D eigenvalue weighted by Gasteiger charge is 2.10. The molecule has 1 amide bonds. The van der Waals surface area contributed by atoms with Crippen LogP contribution in [0.2, 0.25) is 0 Å². The van der Waals surface area contributed by atoms with E-state index in [4.69, 9.17) is 0 Å². The fourth-order valence-electron chi connectivity index (χ4n) is 2.05. The number of nitrogens with zero attached hydrogens (tertiary/aromatic N) is 1. The standard InChI is InChI=1S/C16H19FN2O2S/c1-11-19-14(10-22-11)3-2-4-16(21)18-9-15(20)12-5-7-13(17)8-6-12/h5-8,10,15,20H,2-4,9H2,1H3,(H,18,21). The van der Waals surface area contributed by atoms with Crippen molar-refractivity contribution in [2.75, 3.05) is 6.54 Å². The second-order valence-corrected chi connectivity index (χ2v) is 6.15. The molecule has 118 valence electrons. The maximum absolute atomic E-state index is 12.8. The Balaban J connectivity index is 1.67. The lowest BCUT2D eigenvalue weighted by Gasteiger charge is -2.12. The summed E-state index contributed by atoms with van der Waals surface area (Å²) in [5.74, 6) is -0.453. The van der Waals surface area contributed by atoms with Gasteiger partial charge >= 0.3 is 0 Å². The molecule has 4 nitrogen and oxygen atoms in total. The maximum atomic E-state index is 12.8. The van der Waals surface area contributed by atoms with Gasteiger partial charge in [0.2, 0.25) is 5.91 Å². The average Bonchev–Trinajstić information content (AvgIpc) is 2.91. The van der Waals surface area contributed by atoms with E-state index < -0.39 is 6.10 Å². The first-order valence-corrected chi connectivity index (χ1v) is 8.04. The van der Waals surface area contributed by atoms with Crippen LogP contribution in [0.25, 0.3) is 0 Å². The first-order valence-electron chi connectivity index (χ1n) is 7.16. The highest BCUT2D eigenvalue weighted by atomic mass is 32.1. The highest BCUT2D eigenvalue weighted by molar-refractivity contribution is 7.09. The Kier molecular flexibility index (Phi) is 6.03. The smallest absolute Gasteiger partial charge is 0.220 e. The molecule has 0 bridgehead atoms. The second kappa shape index (κ2) is 8.00. The SMILES string of the molecule is Cc1nc(CCCC(=O)NCC(O)c2ccc(F)cc2)cs1. The Morgan fingerprint density at radius 2 is 2.14 bits per heavy atom. The Bertz CT molecular complexity index is 613. The quantitative estimate of drug-likeness (QED) is 0.824. The largest absolute Gasteiger partial charge is 0.387 e. The van der Waals surface area contributed by atoms with E-state index in [9.17, 15) is 14.3 Å². The molecule has 2 rings (SSSR count). The van der Waals surface area contributed by atoms with Gasteiger partial charge in [0.15, 0.2) is 0 Å². The van der Waals surface area contributed by atoms with E-state index in [0.717, 1.165) is 23.5 Å². The number of thiazole rings is 1. The number of aromatic nitrogens is 1. The Hall–Kier alpha value is -1.79. The van der Waals surface area contributed by atoms with Gasteiger partial charge in [-0.25, -0.2) is 9.37 Å². The molecule has 1 unspecified atom stereocenters. The minimum absolute atomic E-state index is 0.104. The van der Waals surface area contributed by atoms with Crippen LogP contribution in [0.1, 0.15) is 35.2 Å². The molecule has 0 aliphatic rings. The summed E-state index contributed by atoms with van der Waals surface area (Å²) in [5.41, 5.74) is 1.60. The molecule has 2 N–H and O–H groups in total. The van der Waals surface area contributed by atoms with Gasteiger partial charge < -0.3 is 10.4 Å². The van der Waals surface area contributed by atoms with Crippen LogP contribution in [0.3, 0.4) is 0 Å². The van der Waals surface area contributed by atoms with Crippen molar-refractivity contribution in [3.63, 3.8) is 0 Å². The Morgan fingerprint density at radius 3 is 2.77 bits per heavy atom. The van der Waals surface area contributed by atoms with Gasteiger partial charge in [-0.3, -0.25) is 4.79 Å². The number of hydrogen-bond donors (Lipinski definition) is 2. The third kappa shape index (κ3) is 5.20. The van der Waals surface area contributed by atoms with Gasteiger partial charge in [-0.1, -0.05) is 12.1 Å². The van der Waals surface area contributed by atoms with E-state index >= 15 is 0 Å². The normalized spacial score (nSPS) is 12.1. The molecule has 0 spiro atoms. The van der Waals surface area contributed by atoms with Crippen molar-refractivity contribution in [3.8, 4) is 0 Å². The molecule has 0 fully saturated rings. The van der Waals surface area contributed by atoms with Crippen LogP contribution in [-0.4, -0.2) is 22.5 Å². The fourth-order valence-corrected chi connectivity index (χ4v) is 2.70. The van der Waals surface area contributed by atoms with Gasteiger partial charge in [0, 0.05) is 18.3 Å². The van der Waals surface area contributed by atoms with Crippen molar-refractivity contribution < 1.29 is 14.3 Å². The highest BCUT2D eigenvalue weighted by Crippen LogP contribution is 2.13. The van der Waals surface area contributed by atoms with Crippen LogP contribution in [-0.2, 0) is 11.2 Å². The Morgan fingerprint density at radius 1 is 1.41 bits per heavy atom. The monoisotopic (exact) mass is 322 g/mol. The van der Waals surface area contributed by atoms with E-state index in [0.29, 0.717) is 12.0 Å². The van der Waals surface area contributed by atoms with E-state index in [1.807, 2.05) is 12.3 Å². The summed E-state index contributed by atoms with van der Waals surface area (Å²) in [6.45, 7) is 2.08. The molecule has 6 heteroatoms. The van der Waals surface area contributed by atoms with Gasteiger partial charge in [-0.2, -0.15) is 0 Å². The lowest BCUT2D eigenvalue weighted by Crippen LogP contribution is -2.28. The summed E-state index contributed by atoms with van der Waals surface area (Å²) >= 11 is 1.60. The number of rotatable bonds is 7. The molecular weight excluding hydrogens is 303 g/mol. The number of aliphatic hydroxyl groups excluding tert-OH is 1. The van der Waals surface area contributed by atoms with Gasteiger partial charge in [-0.15, -0.1) is 11.3 Å². The molecule has 0 radical (unpaired) electrons. The van der Waals surface area contributed by atoms with Gasteiger partial charge in [0.1, 0.15) is 5.82 Å². The summed E-state index contributed by atoms with van der Waals surface area (Å²) in [4.78, 5) is 16.1. The van der Waals surface area contributed by atoms with Crippen LogP contribution in [0, 0.1) is 12.7 Å². The van der Waals surface area contributed by atoms with Crippen LogP contribution in [0.15, 0.2) is 29.6 Å². The van der Waals surface area contributed by atoms with Crippen LogP contribution >= 0.6 is 11.3 Å². The summed E-state index contributed by atoms with van der Waals surface area (Å²) in [6, 6.07) is 5.60. The first kappa shape index (κ1) is 16.6. The minimum Gasteiger partial charge on any atom is -0.387 e. The van der Waals surface area contributed by atoms with Crippen LogP contribution < -0.4 is 5.32 Å². The predicted molar refractivity (Wildman–Crippen MR) is 84.2 cm³/mol. The topological polar surface area (TPSA) is 62.2 Å². The molecule has 0 aliphatic carbocycles. The van der Waals surface area contributed by atoms with Crippen molar-refractivity contribution >= 4 is 17.2 Å². The number of amides is 1. The van der Waals surface area contributed by atoms with Crippen molar-refractivity contribution in [1.82, 2.24) is 10.3 Å². The molecule has 1 atom stereocenters. The number of hydrogen-bond acceptors (Lipinski definition) is 4. The van der Waals surface area contributed by atoms with Crippen molar-refractivity contribution in [2.24, 2.45) is 0 Å². The van der Waals surface area contributed by atoms with E-state index in [1.54, 1.807) is 11.3 Å². The third-order valence-electron chi connectivity index (χ3n) is 3.25. The van der Waals surface area contributed by atoms with Crippen LogP contribution in [0.4, 0.5) is 4.39 Å². The number of benzene rings is 1. The zero-order chi connectivity index (χ0) is 15.9. The summed E-state index contributed by atoms with van der Waals surface area (Å²) in [7, 11) is 0. The molecular formula is C16H19FN2O2S. The molecule has 1 aromatic carbocycles. The molecule has 0 saturated carbocycles. The molecule has 1 aromatic heterocycles. The molecule has 2 aromatic rings. The minimum atomic E-state index is -0.828. The number of aliphatic hydroxyl groups is 1. The zero-order valence-electron chi connectivity index (χ0n) is 12.4. The van der Waals surface area contributed by atoms with Crippen molar-refractivity contribution in [3.05, 3.63) is 51.7 Å². The number of nitrogens with one attached hydrogen (secondary N) is 1. The molecule has 0 saturated heterocycles. The second-order valence-electron chi connectivity index (χ2n) is 5.08. The Labute approximate surface area is 133 Å². The van der Waals surface area contributed by atoms with Gasteiger partial charge in [0.25, 0.3) is 0 Å². The molecule has 1 heterocycles. The maximum Gasteiger partial charge on any atom is 0.220 e. The number of carbonyl (C=O) groups is 1. The van der Waals surface area contributed by atoms with Gasteiger partial charge in [-0.05, 0) is 37.5 Å². The number of halogens is 1. The fraction of sp³-hybridized carbons (Fsp3) is 0.375. The lowest BCUT2D eigenvalue weighted by atomic mass is 10.1.